The van der Waals surface area contributed by atoms with E-state index < -0.39 is 5.82 Å². The fourth-order valence-corrected chi connectivity index (χ4v) is 4.11. The number of hydrogen-bond donors (Lipinski definition) is 0. The minimum Gasteiger partial charge on any atom is -0.343 e. The molecule has 1 aromatic carbocycles. The van der Waals surface area contributed by atoms with Crippen LogP contribution in [-0.4, -0.2) is 43.2 Å². The van der Waals surface area contributed by atoms with Crippen LogP contribution in [0.15, 0.2) is 47.5 Å². The highest BCUT2D eigenvalue weighted by Gasteiger charge is 2.28. The maximum Gasteiger partial charge on any atom is 0.351 e. The van der Waals surface area contributed by atoms with E-state index >= 15 is 0 Å². The Morgan fingerprint density at radius 2 is 1.90 bits per heavy atom. The van der Waals surface area contributed by atoms with E-state index in [1.807, 2.05) is 11.8 Å². The van der Waals surface area contributed by atoms with Gasteiger partial charge in [-0.2, -0.15) is 0 Å². The van der Waals surface area contributed by atoms with Gasteiger partial charge in [0.15, 0.2) is 5.82 Å². The Morgan fingerprint density at radius 1 is 1.19 bits per heavy atom. The summed E-state index contributed by atoms with van der Waals surface area (Å²) < 4.78 is 16.4. The molecule has 0 atom stereocenters. The van der Waals surface area contributed by atoms with E-state index in [-0.39, 0.29) is 17.6 Å². The fraction of sp³-hybridized carbons (Fsp3) is 0.364. The number of nitrogens with zero attached hydrogens (tertiary/aromatic N) is 5. The van der Waals surface area contributed by atoms with Crippen molar-refractivity contribution in [3.8, 4) is 17.1 Å². The van der Waals surface area contributed by atoms with E-state index in [0.29, 0.717) is 54.4 Å². The third kappa shape index (κ3) is 4.25. The maximum absolute atomic E-state index is 13.5. The first kappa shape index (κ1) is 21.2. The first-order valence-electron chi connectivity index (χ1n) is 10.3. The van der Waals surface area contributed by atoms with Crippen LogP contribution in [0.1, 0.15) is 38.6 Å². The van der Waals surface area contributed by atoms with Crippen molar-refractivity contribution in [1.82, 2.24) is 24.2 Å². The second kappa shape index (κ2) is 9.01. The first-order valence-corrected chi connectivity index (χ1v) is 10.7. The van der Waals surface area contributed by atoms with Crippen LogP contribution in [0.25, 0.3) is 17.1 Å². The Bertz CT molecular complexity index is 1130. The zero-order chi connectivity index (χ0) is 22.0. The van der Waals surface area contributed by atoms with Crippen molar-refractivity contribution in [3.05, 3.63) is 64.0 Å². The Labute approximate surface area is 184 Å². The number of halogens is 2. The zero-order valence-corrected chi connectivity index (χ0v) is 17.9. The number of hydrogen-bond acceptors (Lipinski definition) is 4. The molecule has 0 N–H and O–H groups in total. The van der Waals surface area contributed by atoms with Crippen LogP contribution in [0.2, 0.25) is 5.02 Å². The predicted molar refractivity (Wildman–Crippen MR) is 116 cm³/mol. The van der Waals surface area contributed by atoms with Gasteiger partial charge < -0.3 is 4.90 Å². The van der Waals surface area contributed by atoms with Crippen molar-refractivity contribution in [2.45, 2.75) is 38.6 Å². The Balaban J connectivity index is 1.73. The molecule has 1 aliphatic heterocycles. The topological polar surface area (TPSA) is 73.0 Å². The molecule has 1 amide bonds. The molecule has 0 spiro atoms. The zero-order valence-electron chi connectivity index (χ0n) is 17.2. The van der Waals surface area contributed by atoms with Gasteiger partial charge in [0.1, 0.15) is 5.82 Å². The molecule has 4 rings (SSSR count). The summed E-state index contributed by atoms with van der Waals surface area (Å²) in [6, 6.07) is 7.23. The Kier molecular flexibility index (Phi) is 6.18. The number of aromatic nitrogens is 4. The number of amides is 1. The number of carbonyl (C=O) groups excluding carboxylic acids is 1. The van der Waals surface area contributed by atoms with Crippen LogP contribution in [0.3, 0.4) is 0 Å². The smallest absolute Gasteiger partial charge is 0.343 e. The van der Waals surface area contributed by atoms with Gasteiger partial charge in [-0.05, 0) is 49.6 Å². The molecule has 3 aromatic rings. The molecule has 0 radical (unpaired) electrons. The lowest BCUT2D eigenvalue weighted by molar-refractivity contribution is -0.132. The molecular weight excluding hydrogens is 421 g/mol. The number of benzene rings is 1. The summed E-state index contributed by atoms with van der Waals surface area (Å²) in [5, 5.41) is 4.99. The Hall–Kier alpha value is -3.00. The Morgan fingerprint density at radius 3 is 2.55 bits per heavy atom. The van der Waals surface area contributed by atoms with Crippen molar-refractivity contribution >= 4 is 17.5 Å². The van der Waals surface area contributed by atoms with Gasteiger partial charge >= 0.3 is 5.69 Å². The molecule has 0 aliphatic carbocycles. The maximum atomic E-state index is 13.5. The summed E-state index contributed by atoms with van der Waals surface area (Å²) in [6.07, 6.45) is 5.70. The number of pyridine rings is 1. The van der Waals surface area contributed by atoms with Gasteiger partial charge in [0.2, 0.25) is 5.91 Å². The average Bonchev–Trinajstić information content (AvgIpc) is 3.12. The average molecular weight is 444 g/mol. The SMILES string of the molecule is CCCC(=O)N1CCC(n2nc(-c3ccncc3Cl)n(-c3ccc(F)cc3)c2=O)CC1. The number of rotatable bonds is 5. The monoisotopic (exact) mass is 443 g/mol. The summed E-state index contributed by atoms with van der Waals surface area (Å²) in [6.45, 7) is 3.16. The molecule has 1 aliphatic rings. The van der Waals surface area contributed by atoms with Gasteiger partial charge in [-0.25, -0.2) is 18.4 Å². The van der Waals surface area contributed by atoms with E-state index in [4.69, 9.17) is 11.6 Å². The summed E-state index contributed by atoms with van der Waals surface area (Å²) in [7, 11) is 0. The quantitative estimate of drug-likeness (QED) is 0.600. The number of carbonyl (C=O) groups is 1. The molecule has 0 saturated carbocycles. The van der Waals surface area contributed by atoms with Crippen LogP contribution in [0.5, 0.6) is 0 Å². The van der Waals surface area contributed by atoms with Crippen molar-refractivity contribution in [3.63, 3.8) is 0 Å². The second-order valence-electron chi connectivity index (χ2n) is 7.58. The molecule has 31 heavy (non-hydrogen) atoms. The van der Waals surface area contributed by atoms with Gasteiger partial charge in [-0.15, -0.1) is 5.10 Å². The van der Waals surface area contributed by atoms with Gasteiger partial charge in [0.25, 0.3) is 0 Å². The number of piperidine rings is 1. The summed E-state index contributed by atoms with van der Waals surface area (Å²) in [5.41, 5.74) is 0.733. The first-order chi connectivity index (χ1) is 15.0. The predicted octanol–water partition coefficient (Wildman–Crippen LogP) is 3.85. The lowest BCUT2D eigenvalue weighted by Gasteiger charge is -2.31. The minimum absolute atomic E-state index is 0.140. The standard InChI is InChI=1S/C22H23ClFN5O2/c1-2-3-20(30)27-12-9-17(10-13-27)29-22(31)28(16-6-4-15(24)5-7-16)21(26-29)18-8-11-25-14-19(18)23/h4-8,11,14,17H,2-3,9-10,12-13H2,1H3. The molecule has 1 fully saturated rings. The normalized spacial score (nSPS) is 14.7. The van der Waals surface area contributed by atoms with Gasteiger partial charge in [-0.3, -0.25) is 9.78 Å². The van der Waals surface area contributed by atoms with Crippen LogP contribution in [0.4, 0.5) is 4.39 Å². The van der Waals surface area contributed by atoms with E-state index in [2.05, 4.69) is 10.1 Å². The van der Waals surface area contributed by atoms with Gasteiger partial charge in [0, 0.05) is 37.5 Å². The fourth-order valence-electron chi connectivity index (χ4n) is 3.91. The van der Waals surface area contributed by atoms with E-state index in [1.165, 1.54) is 39.7 Å². The molecule has 0 unspecified atom stereocenters. The molecule has 7 nitrogen and oxygen atoms in total. The minimum atomic E-state index is -0.392. The van der Waals surface area contributed by atoms with Crippen LogP contribution < -0.4 is 5.69 Å². The van der Waals surface area contributed by atoms with Gasteiger partial charge in [-0.1, -0.05) is 18.5 Å². The van der Waals surface area contributed by atoms with Gasteiger partial charge in [0.05, 0.1) is 16.8 Å². The van der Waals surface area contributed by atoms with E-state index in [9.17, 15) is 14.0 Å². The summed E-state index contributed by atoms with van der Waals surface area (Å²) in [5.74, 6) is 0.125. The third-order valence-corrected chi connectivity index (χ3v) is 5.83. The number of likely N-dealkylation sites (tertiary alicyclic amines) is 1. The highest BCUT2D eigenvalue weighted by Crippen LogP contribution is 2.28. The molecule has 162 valence electrons. The summed E-state index contributed by atoms with van der Waals surface area (Å²) >= 11 is 6.34. The molecule has 3 heterocycles. The molecule has 1 saturated heterocycles. The second-order valence-corrected chi connectivity index (χ2v) is 7.99. The molecular formula is C22H23ClFN5O2. The van der Waals surface area contributed by atoms with Crippen LogP contribution in [0, 0.1) is 5.82 Å². The lowest BCUT2D eigenvalue weighted by Crippen LogP contribution is -2.41. The summed E-state index contributed by atoms with van der Waals surface area (Å²) in [4.78, 5) is 31.4. The molecule has 2 aromatic heterocycles. The van der Waals surface area contributed by atoms with E-state index in [0.717, 1.165) is 6.42 Å². The highest BCUT2D eigenvalue weighted by atomic mass is 35.5. The third-order valence-electron chi connectivity index (χ3n) is 5.53. The molecule has 9 heteroatoms. The largest absolute Gasteiger partial charge is 0.351 e. The molecule has 0 bridgehead atoms. The van der Waals surface area contributed by atoms with Crippen LogP contribution in [-0.2, 0) is 4.79 Å². The van der Waals surface area contributed by atoms with E-state index in [1.54, 1.807) is 12.3 Å². The van der Waals surface area contributed by atoms with Crippen molar-refractivity contribution in [1.29, 1.82) is 0 Å². The van der Waals surface area contributed by atoms with Crippen molar-refractivity contribution < 1.29 is 9.18 Å². The van der Waals surface area contributed by atoms with Crippen molar-refractivity contribution in [2.24, 2.45) is 0 Å². The van der Waals surface area contributed by atoms with Crippen molar-refractivity contribution in [2.75, 3.05) is 13.1 Å². The van der Waals surface area contributed by atoms with Crippen LogP contribution >= 0.6 is 11.6 Å². The lowest BCUT2D eigenvalue weighted by atomic mass is 10.0. The highest BCUT2D eigenvalue weighted by molar-refractivity contribution is 6.33.